The molecule has 10 nitrogen and oxygen atoms in total. The Morgan fingerprint density at radius 3 is 2.32 bits per heavy atom. The number of rotatable bonds is 6. The van der Waals surface area contributed by atoms with Crippen LogP contribution in [0.4, 0.5) is 28.0 Å². The number of aromatic nitrogens is 2. The zero-order chi connectivity index (χ0) is 26.0. The Morgan fingerprint density at radius 2 is 1.76 bits per heavy atom. The number of hydrogen-bond donors (Lipinski definition) is 2. The molecule has 1 aromatic heterocycles. The van der Waals surface area contributed by atoms with E-state index in [4.69, 9.17) is 9.57 Å². The second-order valence-electron chi connectivity index (χ2n) is 7.22. The fourth-order valence-electron chi connectivity index (χ4n) is 2.59. The van der Waals surface area contributed by atoms with E-state index in [0.29, 0.717) is 0 Å². The minimum atomic E-state index is -4.99. The number of ether oxygens (including phenoxy) is 1. The number of nitrogens with zero attached hydrogens (tertiary/aromatic N) is 2. The van der Waals surface area contributed by atoms with Crippen molar-refractivity contribution in [1.82, 2.24) is 14.6 Å². The van der Waals surface area contributed by atoms with E-state index in [1.54, 1.807) is 6.92 Å². The van der Waals surface area contributed by atoms with Crippen LogP contribution in [0.25, 0.3) is 5.69 Å². The van der Waals surface area contributed by atoms with Crippen LogP contribution in [0.2, 0.25) is 0 Å². The Hall–Kier alpha value is -3.20. The van der Waals surface area contributed by atoms with Crippen molar-refractivity contribution in [3.8, 4) is 5.69 Å². The molecule has 0 aliphatic rings. The molecule has 2 amide bonds. The van der Waals surface area contributed by atoms with Gasteiger partial charge < -0.3 is 10.1 Å². The number of benzene rings is 1. The molecule has 186 valence electrons. The first kappa shape index (κ1) is 27.0. The maximum Gasteiger partial charge on any atom is 0.431 e. The Balaban J connectivity index is 2.40. The van der Waals surface area contributed by atoms with Gasteiger partial charge in [-0.1, -0.05) is 0 Å². The van der Waals surface area contributed by atoms with E-state index in [0.717, 1.165) is 19.2 Å². The third kappa shape index (κ3) is 5.83. The molecule has 2 aromatic rings. The number of anilines is 1. The SMILES string of the molecule is CCOC(=O)C(C)(C)ONC(=O)Nc1cc(-n2c(=O)cc(C(F)(F)F)n(C)c2=O)c(F)cc1Br. The van der Waals surface area contributed by atoms with E-state index < -0.39 is 52.2 Å². The van der Waals surface area contributed by atoms with Crippen LogP contribution in [-0.2, 0) is 27.6 Å². The van der Waals surface area contributed by atoms with E-state index in [1.165, 1.54) is 13.8 Å². The molecule has 0 saturated heterocycles. The molecule has 0 bridgehead atoms. The van der Waals surface area contributed by atoms with E-state index in [1.807, 2.05) is 5.48 Å². The largest absolute Gasteiger partial charge is 0.464 e. The highest BCUT2D eigenvalue weighted by Crippen LogP contribution is 2.29. The summed E-state index contributed by atoms with van der Waals surface area (Å²) in [6, 6.07) is 0.751. The first-order valence-electron chi connectivity index (χ1n) is 9.42. The van der Waals surface area contributed by atoms with Gasteiger partial charge in [0.15, 0.2) is 5.60 Å². The lowest BCUT2D eigenvalue weighted by molar-refractivity contribution is -0.173. The summed E-state index contributed by atoms with van der Waals surface area (Å²) in [6.07, 6.45) is -4.99. The molecule has 0 aliphatic carbocycles. The highest BCUT2D eigenvalue weighted by molar-refractivity contribution is 9.10. The molecule has 0 radical (unpaired) electrons. The molecule has 0 spiro atoms. The molecule has 1 aromatic carbocycles. The van der Waals surface area contributed by atoms with Crippen molar-refractivity contribution in [1.29, 1.82) is 0 Å². The maximum absolute atomic E-state index is 14.6. The summed E-state index contributed by atoms with van der Waals surface area (Å²) in [4.78, 5) is 53.7. The zero-order valence-corrected chi connectivity index (χ0v) is 19.8. The number of carbonyl (C=O) groups excluding carboxylic acids is 2. The zero-order valence-electron chi connectivity index (χ0n) is 18.2. The standard InChI is InChI=1S/C19H19BrF4N4O6/c1-5-33-15(30)18(2,3)34-26-16(31)25-11-7-12(10(21)6-9(11)20)28-14(29)8-13(19(22,23)24)27(4)17(28)32/h6-8H,5H2,1-4H3,(H2,25,26,31). The summed E-state index contributed by atoms with van der Waals surface area (Å²) in [5.41, 5.74) is -4.93. The van der Waals surface area contributed by atoms with Crippen LogP contribution in [0.5, 0.6) is 0 Å². The van der Waals surface area contributed by atoms with Crippen molar-refractivity contribution in [3.63, 3.8) is 0 Å². The number of esters is 1. The minimum absolute atomic E-state index is 0.0367. The lowest BCUT2D eigenvalue weighted by atomic mass is 10.1. The third-order valence-electron chi connectivity index (χ3n) is 4.30. The van der Waals surface area contributed by atoms with Crippen LogP contribution in [-0.4, -0.2) is 33.3 Å². The second-order valence-corrected chi connectivity index (χ2v) is 8.07. The van der Waals surface area contributed by atoms with Gasteiger partial charge in [0.05, 0.1) is 18.0 Å². The summed E-state index contributed by atoms with van der Waals surface area (Å²) in [5, 5.41) is 2.24. The number of hydrogen-bond acceptors (Lipinski definition) is 6. The number of halogens is 5. The predicted octanol–water partition coefficient (Wildman–Crippen LogP) is 2.85. The number of amides is 2. The van der Waals surface area contributed by atoms with Crippen molar-refractivity contribution >= 4 is 33.6 Å². The molecule has 0 saturated carbocycles. The Kier molecular flexibility index (Phi) is 7.93. The first-order chi connectivity index (χ1) is 15.6. The minimum Gasteiger partial charge on any atom is -0.464 e. The molecule has 2 N–H and O–H groups in total. The van der Waals surface area contributed by atoms with Crippen molar-refractivity contribution in [2.24, 2.45) is 7.05 Å². The summed E-state index contributed by atoms with van der Waals surface area (Å²) in [5.74, 6) is -1.91. The van der Waals surface area contributed by atoms with Crippen molar-refractivity contribution in [3.05, 3.63) is 55.0 Å². The van der Waals surface area contributed by atoms with Gasteiger partial charge in [-0.3, -0.25) is 14.2 Å². The molecule has 15 heteroatoms. The van der Waals surface area contributed by atoms with Gasteiger partial charge in [0.2, 0.25) is 0 Å². The molecule has 0 fully saturated rings. The monoisotopic (exact) mass is 554 g/mol. The topological polar surface area (TPSA) is 121 Å². The van der Waals surface area contributed by atoms with Crippen LogP contribution in [0.15, 0.2) is 32.3 Å². The van der Waals surface area contributed by atoms with Gasteiger partial charge in [0.25, 0.3) is 5.56 Å². The number of urea groups is 1. The highest BCUT2D eigenvalue weighted by Gasteiger charge is 2.35. The highest BCUT2D eigenvalue weighted by atomic mass is 79.9. The molecule has 1 heterocycles. The molecule has 34 heavy (non-hydrogen) atoms. The van der Waals surface area contributed by atoms with Gasteiger partial charge in [-0.05, 0) is 48.8 Å². The molecular formula is C19H19BrF4N4O6. The van der Waals surface area contributed by atoms with Gasteiger partial charge in [-0.2, -0.15) is 13.2 Å². The number of nitrogens with one attached hydrogen (secondary N) is 2. The summed E-state index contributed by atoms with van der Waals surface area (Å²) in [6.45, 7) is 4.30. The van der Waals surface area contributed by atoms with Crippen LogP contribution < -0.4 is 22.0 Å². The van der Waals surface area contributed by atoms with Crippen LogP contribution in [0.3, 0.4) is 0 Å². The van der Waals surface area contributed by atoms with E-state index >= 15 is 0 Å². The van der Waals surface area contributed by atoms with E-state index in [-0.39, 0.29) is 32.0 Å². The Morgan fingerprint density at radius 1 is 1.15 bits per heavy atom. The summed E-state index contributed by atoms with van der Waals surface area (Å²) >= 11 is 2.99. The average Bonchev–Trinajstić information content (AvgIpc) is 2.71. The number of carbonyl (C=O) groups is 2. The van der Waals surface area contributed by atoms with Gasteiger partial charge in [0.1, 0.15) is 11.5 Å². The smallest absolute Gasteiger partial charge is 0.431 e. The molecule has 0 aliphatic heterocycles. The first-order valence-corrected chi connectivity index (χ1v) is 10.2. The molecule has 2 rings (SSSR count). The van der Waals surface area contributed by atoms with E-state index in [9.17, 15) is 36.7 Å². The van der Waals surface area contributed by atoms with Crippen molar-refractivity contribution in [2.75, 3.05) is 11.9 Å². The van der Waals surface area contributed by atoms with Gasteiger partial charge in [0, 0.05) is 17.6 Å². The normalized spacial score (nSPS) is 11.8. The van der Waals surface area contributed by atoms with Gasteiger partial charge >= 0.3 is 23.9 Å². The second kappa shape index (κ2) is 9.97. The molecule has 0 atom stereocenters. The van der Waals surface area contributed by atoms with Crippen LogP contribution >= 0.6 is 15.9 Å². The van der Waals surface area contributed by atoms with Crippen molar-refractivity contribution < 1.29 is 36.7 Å². The van der Waals surface area contributed by atoms with Crippen LogP contribution in [0.1, 0.15) is 26.5 Å². The lowest BCUT2D eigenvalue weighted by Gasteiger charge is -2.22. The number of alkyl halides is 3. The van der Waals surface area contributed by atoms with Crippen LogP contribution in [0, 0.1) is 5.82 Å². The molecular weight excluding hydrogens is 536 g/mol. The Bertz CT molecular complexity index is 1240. The Labute approximate surface area is 197 Å². The fourth-order valence-corrected chi connectivity index (χ4v) is 3.01. The summed E-state index contributed by atoms with van der Waals surface area (Å²) in [7, 11) is 0.771. The number of hydroxylamine groups is 1. The summed E-state index contributed by atoms with van der Waals surface area (Å²) < 4.78 is 58.8. The maximum atomic E-state index is 14.6. The molecule has 0 unspecified atom stereocenters. The lowest BCUT2D eigenvalue weighted by Crippen LogP contribution is -2.44. The third-order valence-corrected chi connectivity index (χ3v) is 4.96. The predicted molar refractivity (Wildman–Crippen MR) is 114 cm³/mol. The van der Waals surface area contributed by atoms with Gasteiger partial charge in [-0.25, -0.2) is 28.8 Å². The van der Waals surface area contributed by atoms with Gasteiger partial charge in [-0.15, -0.1) is 0 Å². The fraction of sp³-hybridized carbons (Fsp3) is 0.368. The average molecular weight is 555 g/mol. The van der Waals surface area contributed by atoms with E-state index in [2.05, 4.69) is 21.2 Å². The quantitative estimate of drug-likeness (QED) is 0.322. The van der Waals surface area contributed by atoms with Crippen molar-refractivity contribution in [2.45, 2.75) is 32.5 Å².